The summed E-state index contributed by atoms with van der Waals surface area (Å²) in [6.07, 6.45) is -0.160. The van der Waals surface area contributed by atoms with Gasteiger partial charge in [0.1, 0.15) is 5.82 Å². The van der Waals surface area contributed by atoms with Gasteiger partial charge < -0.3 is 11.1 Å². The molecule has 0 unspecified atom stereocenters. The van der Waals surface area contributed by atoms with Crippen LogP contribution in [0.3, 0.4) is 0 Å². The number of sulfone groups is 1. The minimum absolute atomic E-state index is 0.0339. The van der Waals surface area contributed by atoms with E-state index in [1.807, 2.05) is 0 Å². The van der Waals surface area contributed by atoms with Gasteiger partial charge in [-0.05, 0) is 25.1 Å². The van der Waals surface area contributed by atoms with Crippen LogP contribution in [0.5, 0.6) is 0 Å². The van der Waals surface area contributed by atoms with Gasteiger partial charge >= 0.3 is 0 Å². The molecule has 18 heavy (non-hydrogen) atoms. The normalized spacial score (nSPS) is 11.2. The summed E-state index contributed by atoms with van der Waals surface area (Å²) in [7, 11) is -3.70. The standard InChI is InChI=1S/C11H15FN2O3S/c1-2-14-11(15)3-4-18(16,17)10-6-8(12)5-9(13)7-10/h5-7H,2-4,13H2,1H3,(H,14,15). The second kappa shape index (κ2) is 5.81. The fraction of sp³-hybridized carbons (Fsp3) is 0.364. The Morgan fingerprint density at radius 3 is 2.61 bits per heavy atom. The van der Waals surface area contributed by atoms with E-state index in [0.717, 1.165) is 12.1 Å². The van der Waals surface area contributed by atoms with Crippen LogP contribution in [0, 0.1) is 5.82 Å². The van der Waals surface area contributed by atoms with Gasteiger partial charge in [-0.3, -0.25) is 4.79 Å². The molecule has 1 aromatic rings. The fourth-order valence-electron chi connectivity index (χ4n) is 1.39. The summed E-state index contributed by atoms with van der Waals surface area (Å²) >= 11 is 0. The first-order chi connectivity index (χ1) is 8.35. The molecule has 0 heterocycles. The van der Waals surface area contributed by atoms with Crippen molar-refractivity contribution in [2.75, 3.05) is 18.0 Å². The van der Waals surface area contributed by atoms with Crippen molar-refractivity contribution in [3.8, 4) is 0 Å². The van der Waals surface area contributed by atoms with Crippen LogP contribution in [0.4, 0.5) is 10.1 Å². The van der Waals surface area contributed by atoms with Gasteiger partial charge in [-0.2, -0.15) is 0 Å². The second-order valence-corrected chi connectivity index (χ2v) is 5.85. The highest BCUT2D eigenvalue weighted by atomic mass is 32.2. The topological polar surface area (TPSA) is 89.3 Å². The smallest absolute Gasteiger partial charge is 0.221 e. The van der Waals surface area contributed by atoms with E-state index in [0.29, 0.717) is 6.54 Å². The van der Waals surface area contributed by atoms with Crippen LogP contribution in [-0.4, -0.2) is 26.6 Å². The van der Waals surface area contributed by atoms with Crippen LogP contribution in [0.1, 0.15) is 13.3 Å². The number of hydrogen-bond acceptors (Lipinski definition) is 4. The Hall–Kier alpha value is -1.63. The van der Waals surface area contributed by atoms with E-state index >= 15 is 0 Å². The maximum Gasteiger partial charge on any atom is 0.221 e. The van der Waals surface area contributed by atoms with Gasteiger partial charge in [-0.15, -0.1) is 0 Å². The second-order valence-electron chi connectivity index (χ2n) is 3.74. The number of hydrogen-bond donors (Lipinski definition) is 2. The van der Waals surface area contributed by atoms with Crippen LogP contribution >= 0.6 is 0 Å². The maximum atomic E-state index is 13.1. The molecule has 0 aliphatic rings. The van der Waals surface area contributed by atoms with Crippen molar-refractivity contribution in [3.63, 3.8) is 0 Å². The summed E-state index contributed by atoms with van der Waals surface area (Å²) in [4.78, 5) is 11.0. The molecule has 1 aromatic carbocycles. The lowest BCUT2D eigenvalue weighted by molar-refractivity contribution is -0.120. The molecule has 0 atom stereocenters. The van der Waals surface area contributed by atoms with Gasteiger partial charge in [0.05, 0.1) is 10.6 Å². The molecule has 0 aliphatic carbocycles. The molecule has 0 spiro atoms. The number of nitrogens with one attached hydrogen (secondary N) is 1. The molecular formula is C11H15FN2O3S. The first-order valence-corrected chi connectivity index (χ1v) is 7.06. The maximum absolute atomic E-state index is 13.1. The van der Waals surface area contributed by atoms with Gasteiger partial charge in [0.25, 0.3) is 0 Å². The number of carbonyl (C=O) groups is 1. The first kappa shape index (κ1) is 14.4. The Labute approximate surface area is 105 Å². The lowest BCUT2D eigenvalue weighted by Gasteiger charge is -2.06. The highest BCUT2D eigenvalue weighted by Gasteiger charge is 2.17. The first-order valence-electron chi connectivity index (χ1n) is 5.40. The molecule has 0 aromatic heterocycles. The van der Waals surface area contributed by atoms with E-state index in [1.165, 1.54) is 6.07 Å². The number of halogens is 1. The minimum atomic E-state index is -3.70. The van der Waals surface area contributed by atoms with Crippen molar-refractivity contribution in [1.82, 2.24) is 5.32 Å². The van der Waals surface area contributed by atoms with E-state index in [2.05, 4.69) is 5.32 Å². The summed E-state index contributed by atoms with van der Waals surface area (Å²) in [6, 6.07) is 3.10. The molecule has 0 fully saturated rings. The van der Waals surface area contributed by atoms with Crippen LogP contribution in [0.25, 0.3) is 0 Å². The number of amides is 1. The summed E-state index contributed by atoms with van der Waals surface area (Å²) in [5.41, 5.74) is 5.41. The molecule has 0 saturated carbocycles. The minimum Gasteiger partial charge on any atom is -0.399 e. The molecule has 0 aliphatic heterocycles. The Kier molecular flexibility index (Phi) is 4.66. The van der Waals surface area contributed by atoms with Crippen LogP contribution < -0.4 is 11.1 Å². The average Bonchev–Trinajstić information content (AvgIpc) is 2.26. The Balaban J connectivity index is 2.83. The zero-order chi connectivity index (χ0) is 13.8. The predicted octanol–water partition coefficient (Wildman–Crippen LogP) is 0.708. The predicted molar refractivity (Wildman–Crippen MR) is 66.2 cm³/mol. The molecular weight excluding hydrogens is 259 g/mol. The molecule has 1 amide bonds. The third kappa shape index (κ3) is 3.99. The molecule has 5 nitrogen and oxygen atoms in total. The monoisotopic (exact) mass is 274 g/mol. The van der Waals surface area contributed by atoms with E-state index in [9.17, 15) is 17.6 Å². The van der Waals surface area contributed by atoms with Crippen molar-refractivity contribution in [1.29, 1.82) is 0 Å². The molecule has 3 N–H and O–H groups in total. The molecule has 1 rings (SSSR count). The average molecular weight is 274 g/mol. The van der Waals surface area contributed by atoms with Crippen molar-refractivity contribution in [3.05, 3.63) is 24.0 Å². The zero-order valence-corrected chi connectivity index (χ0v) is 10.8. The fourth-order valence-corrected chi connectivity index (χ4v) is 2.69. The van der Waals surface area contributed by atoms with E-state index < -0.39 is 15.7 Å². The number of nitrogen functional groups attached to an aromatic ring is 1. The number of benzene rings is 1. The van der Waals surface area contributed by atoms with Gasteiger partial charge in [-0.25, -0.2) is 12.8 Å². The van der Waals surface area contributed by atoms with E-state index in [4.69, 9.17) is 5.73 Å². The van der Waals surface area contributed by atoms with E-state index in [1.54, 1.807) is 6.92 Å². The van der Waals surface area contributed by atoms with Gasteiger partial charge in [0, 0.05) is 18.7 Å². The number of anilines is 1. The molecule has 100 valence electrons. The van der Waals surface area contributed by atoms with Crippen molar-refractivity contribution in [2.45, 2.75) is 18.2 Å². The third-order valence-corrected chi connectivity index (χ3v) is 3.92. The van der Waals surface area contributed by atoms with Crippen molar-refractivity contribution >= 4 is 21.4 Å². The number of nitrogens with two attached hydrogens (primary N) is 1. The summed E-state index contributed by atoms with van der Waals surface area (Å²) in [6.45, 7) is 2.17. The zero-order valence-electron chi connectivity index (χ0n) is 9.94. The third-order valence-electron chi connectivity index (χ3n) is 2.22. The van der Waals surface area contributed by atoms with Crippen LogP contribution in [0.2, 0.25) is 0 Å². The lowest BCUT2D eigenvalue weighted by Crippen LogP contribution is -2.25. The quantitative estimate of drug-likeness (QED) is 0.774. The summed E-state index contributed by atoms with van der Waals surface area (Å²) in [5.74, 6) is -1.45. The SMILES string of the molecule is CCNC(=O)CCS(=O)(=O)c1cc(N)cc(F)c1. The Bertz CT molecular complexity index is 523. The van der Waals surface area contributed by atoms with Gasteiger partial charge in [-0.1, -0.05) is 0 Å². The molecule has 0 bridgehead atoms. The summed E-state index contributed by atoms with van der Waals surface area (Å²) < 4.78 is 36.7. The Morgan fingerprint density at radius 1 is 1.39 bits per heavy atom. The van der Waals surface area contributed by atoms with E-state index in [-0.39, 0.29) is 28.7 Å². The Morgan fingerprint density at radius 2 is 2.06 bits per heavy atom. The number of rotatable bonds is 5. The van der Waals surface area contributed by atoms with Gasteiger partial charge in [0.15, 0.2) is 9.84 Å². The molecule has 0 saturated heterocycles. The van der Waals surface area contributed by atoms with Crippen LogP contribution in [-0.2, 0) is 14.6 Å². The lowest BCUT2D eigenvalue weighted by atomic mass is 10.3. The highest BCUT2D eigenvalue weighted by Crippen LogP contribution is 2.17. The van der Waals surface area contributed by atoms with Crippen LogP contribution in [0.15, 0.2) is 23.1 Å². The largest absolute Gasteiger partial charge is 0.399 e. The van der Waals surface area contributed by atoms with Crippen molar-refractivity contribution < 1.29 is 17.6 Å². The molecule has 7 heteroatoms. The number of carbonyl (C=O) groups excluding carboxylic acids is 1. The van der Waals surface area contributed by atoms with Gasteiger partial charge in [0.2, 0.25) is 5.91 Å². The van der Waals surface area contributed by atoms with Crippen molar-refractivity contribution in [2.24, 2.45) is 0 Å². The summed E-state index contributed by atoms with van der Waals surface area (Å²) in [5, 5.41) is 2.49. The highest BCUT2D eigenvalue weighted by molar-refractivity contribution is 7.91. The molecule has 0 radical (unpaired) electrons.